The normalized spacial score (nSPS) is 12.4. The Bertz CT molecular complexity index is 175. The van der Waals surface area contributed by atoms with Crippen LogP contribution in [0.4, 0.5) is 0 Å². The highest BCUT2D eigenvalue weighted by atomic mass is 16.4. The van der Waals surface area contributed by atoms with Crippen molar-refractivity contribution in [2.45, 2.75) is 13.3 Å². The van der Waals surface area contributed by atoms with Crippen molar-refractivity contribution < 1.29 is 24.3 Å². The molecule has 0 heterocycles. The Kier molecular flexibility index (Phi) is 6.99. The van der Waals surface area contributed by atoms with Crippen molar-refractivity contribution in [2.75, 3.05) is 28.2 Å². The average Bonchev–Trinajstić information content (AvgIpc) is 1.81. The van der Waals surface area contributed by atoms with Crippen LogP contribution < -0.4 is 5.11 Å². The van der Waals surface area contributed by atoms with E-state index in [1.165, 1.54) is 6.92 Å². The van der Waals surface area contributed by atoms with Crippen LogP contribution in [0.1, 0.15) is 13.3 Å². The van der Waals surface area contributed by atoms with Gasteiger partial charge in [0.05, 0.1) is 40.1 Å². The fourth-order valence-electron chi connectivity index (χ4n) is 0.442. The molecule has 0 radical (unpaired) electrons. The standard InChI is InChI=1S/C5H8O4.C4H12N/c1-2-3(4(6)7)5(8)9;1-5(2,3)4/h3H,2H2,1H3,(H,6,7)(H,8,9);1-4H3/q;+1/p-1. The van der Waals surface area contributed by atoms with Crippen LogP contribution in [0.2, 0.25) is 0 Å². The molecule has 0 aromatic carbocycles. The number of carboxylic acids is 2. The summed E-state index contributed by atoms with van der Waals surface area (Å²) in [5.41, 5.74) is 0. The van der Waals surface area contributed by atoms with E-state index in [9.17, 15) is 14.7 Å². The van der Waals surface area contributed by atoms with Crippen LogP contribution in [-0.4, -0.2) is 49.7 Å². The summed E-state index contributed by atoms with van der Waals surface area (Å²) in [4.78, 5) is 19.8. The van der Waals surface area contributed by atoms with Gasteiger partial charge in [-0.1, -0.05) is 6.92 Å². The molecule has 0 aliphatic heterocycles. The molecule has 14 heavy (non-hydrogen) atoms. The zero-order valence-electron chi connectivity index (χ0n) is 9.40. The van der Waals surface area contributed by atoms with Gasteiger partial charge in [0.25, 0.3) is 0 Å². The number of carboxylic acid groups (broad SMARTS) is 2. The van der Waals surface area contributed by atoms with Crippen LogP contribution in [0.3, 0.4) is 0 Å². The topological polar surface area (TPSA) is 77.4 Å². The van der Waals surface area contributed by atoms with Gasteiger partial charge in [-0.25, -0.2) is 0 Å². The van der Waals surface area contributed by atoms with Crippen LogP contribution in [0.5, 0.6) is 0 Å². The minimum atomic E-state index is -1.52. The zero-order valence-corrected chi connectivity index (χ0v) is 9.40. The molecule has 0 amide bonds. The predicted molar refractivity (Wildman–Crippen MR) is 50.4 cm³/mol. The lowest BCUT2D eigenvalue weighted by atomic mass is 10.1. The Labute approximate surface area is 84.5 Å². The van der Waals surface area contributed by atoms with Crippen LogP contribution in [-0.2, 0) is 9.59 Å². The van der Waals surface area contributed by atoms with Gasteiger partial charge in [-0.05, 0) is 6.42 Å². The van der Waals surface area contributed by atoms with E-state index in [2.05, 4.69) is 28.2 Å². The van der Waals surface area contributed by atoms with Gasteiger partial charge in [-0.2, -0.15) is 0 Å². The van der Waals surface area contributed by atoms with Crippen molar-refractivity contribution in [3.05, 3.63) is 0 Å². The summed E-state index contributed by atoms with van der Waals surface area (Å²) in [6, 6.07) is 0. The number of hydrogen-bond acceptors (Lipinski definition) is 3. The molecule has 0 aromatic heterocycles. The summed E-state index contributed by atoms with van der Waals surface area (Å²) < 4.78 is 1.00. The Morgan fingerprint density at radius 2 is 1.57 bits per heavy atom. The summed E-state index contributed by atoms with van der Waals surface area (Å²) in [6.45, 7) is 1.48. The van der Waals surface area contributed by atoms with Crippen molar-refractivity contribution in [1.82, 2.24) is 0 Å². The van der Waals surface area contributed by atoms with Crippen molar-refractivity contribution in [1.29, 1.82) is 0 Å². The Balaban J connectivity index is 0. The third-order valence-electron chi connectivity index (χ3n) is 0.991. The van der Waals surface area contributed by atoms with Gasteiger partial charge in [0.1, 0.15) is 0 Å². The van der Waals surface area contributed by atoms with Crippen LogP contribution in [0, 0.1) is 5.92 Å². The maximum Gasteiger partial charge on any atom is 0.312 e. The third-order valence-corrected chi connectivity index (χ3v) is 0.991. The van der Waals surface area contributed by atoms with Gasteiger partial charge in [0, 0.05) is 0 Å². The van der Waals surface area contributed by atoms with Gasteiger partial charge in [0.15, 0.2) is 0 Å². The molecule has 1 unspecified atom stereocenters. The highest BCUT2D eigenvalue weighted by molar-refractivity contribution is 5.91. The summed E-state index contributed by atoms with van der Waals surface area (Å²) in [6.07, 6.45) is 0.0671. The second-order valence-electron chi connectivity index (χ2n) is 4.30. The summed E-state index contributed by atoms with van der Waals surface area (Å²) >= 11 is 0. The molecule has 5 nitrogen and oxygen atoms in total. The highest BCUT2D eigenvalue weighted by Gasteiger charge is 2.14. The maximum absolute atomic E-state index is 9.95. The monoisotopic (exact) mass is 205 g/mol. The minimum Gasteiger partial charge on any atom is -0.549 e. The van der Waals surface area contributed by atoms with Gasteiger partial charge < -0.3 is 19.5 Å². The van der Waals surface area contributed by atoms with Crippen LogP contribution in [0.15, 0.2) is 0 Å². The molecular weight excluding hydrogens is 186 g/mol. The molecule has 0 aliphatic carbocycles. The fourth-order valence-corrected chi connectivity index (χ4v) is 0.442. The molecule has 0 saturated carbocycles. The molecule has 5 heteroatoms. The summed E-state index contributed by atoms with van der Waals surface area (Å²) in [5, 5.41) is 18.0. The molecule has 0 fully saturated rings. The smallest absolute Gasteiger partial charge is 0.312 e. The lowest BCUT2D eigenvalue weighted by Gasteiger charge is -2.14. The molecule has 0 rings (SSSR count). The Morgan fingerprint density at radius 3 is 1.57 bits per heavy atom. The lowest BCUT2D eigenvalue weighted by molar-refractivity contribution is -0.849. The van der Waals surface area contributed by atoms with E-state index in [0.717, 1.165) is 4.48 Å². The number of nitrogens with zero attached hydrogens (tertiary/aromatic N) is 1. The van der Waals surface area contributed by atoms with E-state index < -0.39 is 17.9 Å². The molecule has 0 bridgehead atoms. The van der Waals surface area contributed by atoms with Crippen molar-refractivity contribution in [3.8, 4) is 0 Å². The summed E-state index contributed by atoms with van der Waals surface area (Å²) in [7, 11) is 8.50. The third kappa shape index (κ3) is 13.5. The first kappa shape index (κ1) is 15.4. The molecule has 1 atom stereocenters. The van der Waals surface area contributed by atoms with Crippen molar-refractivity contribution in [3.63, 3.8) is 0 Å². The second-order valence-corrected chi connectivity index (χ2v) is 4.30. The van der Waals surface area contributed by atoms with Gasteiger partial charge >= 0.3 is 5.97 Å². The van der Waals surface area contributed by atoms with E-state index in [1.54, 1.807) is 0 Å². The van der Waals surface area contributed by atoms with Crippen molar-refractivity contribution >= 4 is 11.9 Å². The largest absolute Gasteiger partial charge is 0.549 e. The first-order valence-electron chi connectivity index (χ1n) is 4.32. The van der Waals surface area contributed by atoms with E-state index in [0.29, 0.717) is 0 Å². The quantitative estimate of drug-likeness (QED) is 0.482. The minimum absolute atomic E-state index is 0.0671. The molecular formula is C9H19NO4. The number of hydrogen-bond donors (Lipinski definition) is 1. The Morgan fingerprint density at radius 1 is 1.29 bits per heavy atom. The fraction of sp³-hybridized carbons (Fsp3) is 0.778. The van der Waals surface area contributed by atoms with Crippen LogP contribution in [0.25, 0.3) is 0 Å². The number of carbonyl (C=O) groups excluding carboxylic acids is 1. The van der Waals surface area contributed by atoms with E-state index in [4.69, 9.17) is 5.11 Å². The lowest BCUT2D eigenvalue weighted by Crippen LogP contribution is -2.35. The summed E-state index contributed by atoms with van der Waals surface area (Å²) in [5.74, 6) is -4.22. The number of carbonyl (C=O) groups is 2. The van der Waals surface area contributed by atoms with Crippen LogP contribution >= 0.6 is 0 Å². The van der Waals surface area contributed by atoms with Gasteiger partial charge in [-0.15, -0.1) is 0 Å². The molecule has 0 spiro atoms. The average molecular weight is 205 g/mol. The van der Waals surface area contributed by atoms with Gasteiger partial charge in [0.2, 0.25) is 0 Å². The van der Waals surface area contributed by atoms with E-state index in [-0.39, 0.29) is 6.42 Å². The van der Waals surface area contributed by atoms with Gasteiger partial charge in [-0.3, -0.25) is 4.79 Å². The number of aliphatic carboxylic acids is 2. The Hall–Kier alpha value is -1.10. The first-order valence-corrected chi connectivity index (χ1v) is 4.32. The van der Waals surface area contributed by atoms with E-state index in [1.807, 2.05) is 0 Å². The number of quaternary nitrogens is 1. The molecule has 0 aromatic rings. The molecule has 84 valence electrons. The molecule has 0 saturated heterocycles. The molecule has 1 N–H and O–H groups in total. The number of rotatable bonds is 3. The zero-order chi connectivity index (χ0) is 11.9. The SMILES string of the molecule is CCC(C(=O)[O-])C(=O)O.C[N+](C)(C)C. The highest BCUT2D eigenvalue weighted by Crippen LogP contribution is 1.99. The maximum atomic E-state index is 9.95. The first-order chi connectivity index (χ1) is 6.09. The molecule has 0 aliphatic rings. The van der Waals surface area contributed by atoms with E-state index >= 15 is 0 Å². The van der Waals surface area contributed by atoms with Crippen molar-refractivity contribution in [2.24, 2.45) is 5.92 Å². The predicted octanol–water partition coefficient (Wildman–Crippen LogP) is -0.830. The second kappa shape index (κ2) is 6.37.